The molecule has 28 heavy (non-hydrogen) atoms. The summed E-state index contributed by atoms with van der Waals surface area (Å²) in [6.45, 7) is 5.10. The number of hydrogen-bond acceptors (Lipinski definition) is 5. The van der Waals surface area contributed by atoms with Crippen molar-refractivity contribution >= 4 is 15.6 Å². The summed E-state index contributed by atoms with van der Waals surface area (Å²) in [5.74, 6) is 0.288. The van der Waals surface area contributed by atoms with Gasteiger partial charge in [-0.2, -0.15) is 0 Å². The fourth-order valence-electron chi connectivity index (χ4n) is 3.67. The van der Waals surface area contributed by atoms with Gasteiger partial charge >= 0.3 is 0 Å². The third-order valence-corrected chi connectivity index (χ3v) is 7.27. The standard InChI is InChI=1S/C22H27NO4S/c1-16(23-13-12-22(24)17(23)2)18-4-6-19(7-5-18)20-8-10-21(11-9-20)28(25,26)15-14-27-3/h4-11,16-17H,12-15H2,1-3H3/t16?,17-/m1/s1. The smallest absolute Gasteiger partial charge is 0.180 e. The molecule has 5 nitrogen and oxygen atoms in total. The molecule has 0 aromatic heterocycles. The van der Waals surface area contributed by atoms with E-state index >= 15 is 0 Å². The summed E-state index contributed by atoms with van der Waals surface area (Å²) < 4.78 is 29.3. The van der Waals surface area contributed by atoms with Crippen molar-refractivity contribution in [2.75, 3.05) is 26.0 Å². The number of benzene rings is 2. The Morgan fingerprint density at radius 3 is 2.14 bits per heavy atom. The van der Waals surface area contributed by atoms with E-state index in [2.05, 4.69) is 24.0 Å². The molecule has 0 aliphatic carbocycles. The van der Waals surface area contributed by atoms with E-state index in [1.54, 1.807) is 12.1 Å². The Balaban J connectivity index is 1.74. The van der Waals surface area contributed by atoms with Gasteiger partial charge in [0.05, 0.1) is 23.3 Å². The zero-order valence-corrected chi connectivity index (χ0v) is 17.4. The van der Waals surface area contributed by atoms with Crippen molar-refractivity contribution in [1.29, 1.82) is 0 Å². The minimum absolute atomic E-state index is 0.0210. The number of hydrogen-bond donors (Lipinski definition) is 0. The summed E-state index contributed by atoms with van der Waals surface area (Å²) in [6.07, 6.45) is 0.628. The van der Waals surface area contributed by atoms with Crippen molar-refractivity contribution in [2.24, 2.45) is 0 Å². The molecule has 1 fully saturated rings. The van der Waals surface area contributed by atoms with Crippen LogP contribution in [-0.4, -0.2) is 51.2 Å². The molecule has 0 saturated carbocycles. The van der Waals surface area contributed by atoms with Crippen LogP contribution in [0.3, 0.4) is 0 Å². The zero-order valence-electron chi connectivity index (χ0n) is 16.6. The van der Waals surface area contributed by atoms with Gasteiger partial charge in [-0.3, -0.25) is 9.69 Å². The van der Waals surface area contributed by atoms with Crippen LogP contribution in [0.4, 0.5) is 0 Å². The van der Waals surface area contributed by atoms with Crippen LogP contribution >= 0.6 is 0 Å². The number of nitrogens with zero attached hydrogens (tertiary/aromatic N) is 1. The van der Waals surface area contributed by atoms with Crippen molar-refractivity contribution in [1.82, 2.24) is 4.90 Å². The molecule has 0 bridgehead atoms. The Bertz CT molecular complexity index is 920. The Morgan fingerprint density at radius 1 is 1.07 bits per heavy atom. The lowest BCUT2D eigenvalue weighted by Gasteiger charge is -2.28. The van der Waals surface area contributed by atoms with Gasteiger partial charge in [-0.15, -0.1) is 0 Å². The Morgan fingerprint density at radius 2 is 1.64 bits per heavy atom. The molecule has 1 aliphatic rings. The van der Waals surface area contributed by atoms with Crippen LogP contribution in [0.5, 0.6) is 0 Å². The highest BCUT2D eigenvalue weighted by molar-refractivity contribution is 7.91. The molecule has 150 valence electrons. The number of ether oxygens (including phenoxy) is 1. The Labute approximate surface area is 167 Å². The van der Waals surface area contributed by atoms with Gasteiger partial charge in [0, 0.05) is 26.1 Å². The lowest BCUT2D eigenvalue weighted by atomic mass is 10.0. The molecule has 3 rings (SSSR count). The van der Waals surface area contributed by atoms with Crippen molar-refractivity contribution < 1.29 is 17.9 Å². The molecule has 0 amide bonds. The highest BCUT2D eigenvalue weighted by Gasteiger charge is 2.32. The van der Waals surface area contributed by atoms with Crippen LogP contribution < -0.4 is 0 Å². The normalized spacial score (nSPS) is 19.1. The average Bonchev–Trinajstić information content (AvgIpc) is 3.05. The van der Waals surface area contributed by atoms with Crippen LogP contribution in [0.15, 0.2) is 53.4 Å². The Hall–Kier alpha value is -2.02. The molecule has 2 aromatic carbocycles. The largest absolute Gasteiger partial charge is 0.384 e. The van der Waals surface area contributed by atoms with Crippen molar-refractivity contribution in [3.63, 3.8) is 0 Å². The van der Waals surface area contributed by atoms with Gasteiger partial charge in [-0.05, 0) is 42.7 Å². The summed E-state index contributed by atoms with van der Waals surface area (Å²) in [7, 11) is -1.83. The number of Topliss-reactive ketones (excluding diaryl/α,β-unsaturated/α-hetero) is 1. The third-order valence-electron chi connectivity index (χ3n) is 5.57. The first-order valence-electron chi connectivity index (χ1n) is 9.54. The molecule has 2 aromatic rings. The van der Waals surface area contributed by atoms with E-state index in [4.69, 9.17) is 4.74 Å². The molecule has 0 N–H and O–H groups in total. The maximum absolute atomic E-state index is 12.2. The molecule has 1 saturated heterocycles. The van der Waals surface area contributed by atoms with Crippen LogP contribution in [0.2, 0.25) is 0 Å². The number of carbonyl (C=O) groups is 1. The van der Waals surface area contributed by atoms with Crippen LogP contribution in [0.1, 0.15) is 31.9 Å². The van der Waals surface area contributed by atoms with Gasteiger partial charge in [-0.1, -0.05) is 36.4 Å². The molecule has 6 heteroatoms. The lowest BCUT2D eigenvalue weighted by Crippen LogP contribution is -2.32. The fraction of sp³-hybridized carbons (Fsp3) is 0.409. The van der Waals surface area contributed by atoms with Crippen LogP contribution in [0.25, 0.3) is 11.1 Å². The molecule has 1 heterocycles. The predicted octanol–water partition coefficient (Wildman–Crippen LogP) is 3.50. The molecule has 1 aliphatic heterocycles. The van der Waals surface area contributed by atoms with Gasteiger partial charge in [0.25, 0.3) is 0 Å². The predicted molar refractivity (Wildman–Crippen MR) is 110 cm³/mol. The zero-order chi connectivity index (χ0) is 20.3. The van der Waals surface area contributed by atoms with E-state index in [9.17, 15) is 13.2 Å². The van der Waals surface area contributed by atoms with Gasteiger partial charge in [0.15, 0.2) is 15.6 Å². The van der Waals surface area contributed by atoms with Crippen LogP contribution in [0, 0.1) is 0 Å². The van der Waals surface area contributed by atoms with Gasteiger partial charge < -0.3 is 4.74 Å². The topological polar surface area (TPSA) is 63.7 Å². The number of carbonyl (C=O) groups excluding carboxylic acids is 1. The summed E-state index contributed by atoms with van der Waals surface area (Å²) in [5.41, 5.74) is 3.17. The lowest BCUT2D eigenvalue weighted by molar-refractivity contribution is -0.119. The average molecular weight is 402 g/mol. The van der Waals surface area contributed by atoms with Gasteiger partial charge in [0.2, 0.25) is 0 Å². The highest BCUT2D eigenvalue weighted by atomic mass is 32.2. The van der Waals surface area contributed by atoms with E-state index in [0.29, 0.717) is 17.1 Å². The summed E-state index contributed by atoms with van der Waals surface area (Å²) >= 11 is 0. The van der Waals surface area contributed by atoms with Gasteiger partial charge in [-0.25, -0.2) is 8.42 Å². The maximum atomic E-state index is 12.2. The second-order valence-electron chi connectivity index (χ2n) is 7.26. The monoisotopic (exact) mass is 401 g/mol. The molecule has 0 radical (unpaired) electrons. The van der Waals surface area contributed by atoms with E-state index in [1.807, 2.05) is 31.2 Å². The molecule has 0 spiro atoms. The number of ketones is 1. The minimum Gasteiger partial charge on any atom is -0.384 e. The number of rotatable bonds is 7. The highest BCUT2D eigenvalue weighted by Crippen LogP contribution is 2.29. The fourth-order valence-corrected chi connectivity index (χ4v) is 4.84. The summed E-state index contributed by atoms with van der Waals surface area (Å²) in [5, 5.41) is 0. The van der Waals surface area contributed by atoms with E-state index in [0.717, 1.165) is 17.7 Å². The van der Waals surface area contributed by atoms with Crippen molar-refractivity contribution in [2.45, 2.75) is 37.2 Å². The Kier molecular flexibility index (Phi) is 6.33. The van der Waals surface area contributed by atoms with E-state index < -0.39 is 9.84 Å². The summed E-state index contributed by atoms with van der Waals surface area (Å²) in [6, 6.07) is 15.4. The summed E-state index contributed by atoms with van der Waals surface area (Å²) in [4.78, 5) is 14.4. The quantitative estimate of drug-likeness (QED) is 0.711. The first-order valence-corrected chi connectivity index (χ1v) is 11.2. The molecular formula is C22H27NO4S. The molecule has 1 unspecified atom stereocenters. The van der Waals surface area contributed by atoms with Crippen LogP contribution in [-0.2, 0) is 19.4 Å². The first kappa shape index (κ1) is 20.7. The maximum Gasteiger partial charge on any atom is 0.180 e. The van der Waals surface area contributed by atoms with E-state index in [-0.39, 0.29) is 24.4 Å². The second-order valence-corrected chi connectivity index (χ2v) is 9.37. The number of methoxy groups -OCH3 is 1. The SMILES string of the molecule is COCCS(=O)(=O)c1ccc(-c2ccc(C(C)N3CCC(=O)[C@H]3C)cc2)cc1. The van der Waals surface area contributed by atoms with E-state index in [1.165, 1.54) is 12.7 Å². The van der Waals surface area contributed by atoms with Gasteiger partial charge in [0.1, 0.15) is 0 Å². The molecular weight excluding hydrogens is 374 g/mol. The third kappa shape index (κ3) is 4.35. The number of likely N-dealkylation sites (tertiary alicyclic amines) is 1. The second kappa shape index (κ2) is 8.55. The van der Waals surface area contributed by atoms with Crippen molar-refractivity contribution in [3.05, 3.63) is 54.1 Å². The van der Waals surface area contributed by atoms with Crippen molar-refractivity contribution in [3.8, 4) is 11.1 Å². The molecule has 2 atom stereocenters. The first-order chi connectivity index (χ1) is 13.3. The minimum atomic E-state index is -3.32. The number of sulfone groups is 1.